The van der Waals surface area contributed by atoms with Gasteiger partial charge in [-0.25, -0.2) is 0 Å². The normalized spacial score (nSPS) is 11.4. The molecule has 0 heterocycles. The van der Waals surface area contributed by atoms with Crippen LogP contribution >= 0.6 is 11.6 Å². The lowest BCUT2D eigenvalue weighted by Gasteiger charge is -2.12. The first-order valence-electron chi connectivity index (χ1n) is 7.61. The van der Waals surface area contributed by atoms with E-state index in [1.165, 1.54) is 38.6 Å². The molecule has 0 aliphatic rings. The highest BCUT2D eigenvalue weighted by Crippen LogP contribution is 2.30. The monoisotopic (exact) mass is 398 g/mol. The van der Waals surface area contributed by atoms with E-state index in [2.05, 4.69) is 9.93 Å². The molecule has 0 saturated carbocycles. The molecule has 0 spiro atoms. The standard InChI is InChI=1S/C17H19ClN2O5S/c1-4-25-17-12(6-5-7-15(17)24-3)11-19-20-26(21,22)16-10-13(18)8-9-14(16)23-2/h5-11,20H,4H2,1-3H3/b19-11+. The van der Waals surface area contributed by atoms with Crippen molar-refractivity contribution >= 4 is 27.8 Å². The first-order valence-corrected chi connectivity index (χ1v) is 9.47. The zero-order valence-electron chi connectivity index (χ0n) is 14.5. The highest BCUT2D eigenvalue weighted by Gasteiger charge is 2.19. The lowest BCUT2D eigenvalue weighted by molar-refractivity contribution is 0.310. The molecule has 0 saturated heterocycles. The van der Waals surface area contributed by atoms with Crippen LogP contribution in [0.1, 0.15) is 12.5 Å². The average molecular weight is 399 g/mol. The van der Waals surface area contributed by atoms with Crippen LogP contribution in [0.4, 0.5) is 0 Å². The van der Waals surface area contributed by atoms with Crippen molar-refractivity contribution in [2.45, 2.75) is 11.8 Å². The molecule has 2 aromatic rings. The van der Waals surface area contributed by atoms with Crippen molar-refractivity contribution in [3.63, 3.8) is 0 Å². The Kier molecular flexibility index (Phi) is 6.70. The molecule has 0 aliphatic carbocycles. The smallest absolute Gasteiger partial charge is 0.280 e. The molecular formula is C17H19ClN2O5S. The fraction of sp³-hybridized carbons (Fsp3) is 0.235. The number of sulfonamides is 1. The van der Waals surface area contributed by atoms with Crippen molar-refractivity contribution in [1.29, 1.82) is 0 Å². The summed E-state index contributed by atoms with van der Waals surface area (Å²) in [5.74, 6) is 1.16. The first kappa shape index (κ1) is 19.9. The number of nitrogens with one attached hydrogen (secondary N) is 1. The number of hydrazone groups is 1. The maximum absolute atomic E-state index is 12.5. The number of rotatable bonds is 8. The number of hydrogen-bond donors (Lipinski definition) is 1. The summed E-state index contributed by atoms with van der Waals surface area (Å²) in [5, 5.41) is 4.08. The van der Waals surface area contributed by atoms with Gasteiger partial charge in [-0.3, -0.25) is 0 Å². The first-order chi connectivity index (χ1) is 12.4. The zero-order chi connectivity index (χ0) is 19.2. The van der Waals surface area contributed by atoms with E-state index in [1.54, 1.807) is 18.2 Å². The van der Waals surface area contributed by atoms with Crippen LogP contribution in [0.2, 0.25) is 5.02 Å². The van der Waals surface area contributed by atoms with E-state index in [-0.39, 0.29) is 15.7 Å². The van der Waals surface area contributed by atoms with Gasteiger partial charge in [0.2, 0.25) is 0 Å². The third-order valence-electron chi connectivity index (χ3n) is 3.31. The Morgan fingerprint density at radius 3 is 2.54 bits per heavy atom. The Hall–Kier alpha value is -2.45. The maximum atomic E-state index is 12.5. The number of benzene rings is 2. The lowest BCUT2D eigenvalue weighted by Crippen LogP contribution is -2.19. The molecule has 9 heteroatoms. The molecule has 7 nitrogen and oxygen atoms in total. The number of hydrogen-bond acceptors (Lipinski definition) is 6. The van der Waals surface area contributed by atoms with Crippen LogP contribution in [-0.2, 0) is 10.0 Å². The van der Waals surface area contributed by atoms with Gasteiger partial charge in [0, 0.05) is 10.6 Å². The fourth-order valence-electron chi connectivity index (χ4n) is 2.17. The molecule has 2 aromatic carbocycles. The minimum Gasteiger partial charge on any atom is -0.495 e. The average Bonchev–Trinajstić information content (AvgIpc) is 2.63. The Bertz CT molecular complexity index is 900. The summed E-state index contributed by atoms with van der Waals surface area (Å²) in [6, 6.07) is 9.50. The Morgan fingerprint density at radius 1 is 1.15 bits per heavy atom. The van der Waals surface area contributed by atoms with Crippen molar-refractivity contribution in [1.82, 2.24) is 4.83 Å². The van der Waals surface area contributed by atoms with E-state index < -0.39 is 10.0 Å². The van der Waals surface area contributed by atoms with Crippen LogP contribution in [0.5, 0.6) is 17.2 Å². The van der Waals surface area contributed by atoms with Gasteiger partial charge in [0.25, 0.3) is 10.0 Å². The van der Waals surface area contributed by atoms with Gasteiger partial charge in [-0.05, 0) is 37.3 Å². The van der Waals surface area contributed by atoms with Crippen molar-refractivity contribution in [3.05, 3.63) is 47.0 Å². The second-order valence-electron chi connectivity index (χ2n) is 4.96. The molecule has 26 heavy (non-hydrogen) atoms. The third-order valence-corrected chi connectivity index (χ3v) is 4.79. The van der Waals surface area contributed by atoms with E-state index in [1.807, 2.05) is 6.92 Å². The van der Waals surface area contributed by atoms with Crippen molar-refractivity contribution in [3.8, 4) is 17.2 Å². The number of nitrogens with zero attached hydrogens (tertiary/aromatic N) is 1. The maximum Gasteiger partial charge on any atom is 0.280 e. The van der Waals surface area contributed by atoms with E-state index in [0.717, 1.165) is 0 Å². The van der Waals surface area contributed by atoms with E-state index in [0.29, 0.717) is 23.7 Å². The topological polar surface area (TPSA) is 86.2 Å². The van der Waals surface area contributed by atoms with Gasteiger partial charge in [-0.15, -0.1) is 0 Å². The molecule has 0 aromatic heterocycles. The van der Waals surface area contributed by atoms with Gasteiger partial charge in [0.1, 0.15) is 10.6 Å². The summed E-state index contributed by atoms with van der Waals surface area (Å²) in [7, 11) is -1.07. The quantitative estimate of drug-likeness (QED) is 0.545. The molecular weight excluding hydrogens is 380 g/mol. The minimum absolute atomic E-state index is 0.111. The largest absolute Gasteiger partial charge is 0.495 e. The molecule has 0 bridgehead atoms. The van der Waals surface area contributed by atoms with Crippen molar-refractivity contribution < 1.29 is 22.6 Å². The highest BCUT2D eigenvalue weighted by molar-refractivity contribution is 7.89. The van der Waals surface area contributed by atoms with Crippen molar-refractivity contribution in [2.24, 2.45) is 5.10 Å². The summed E-state index contributed by atoms with van der Waals surface area (Å²) in [4.78, 5) is 2.03. The van der Waals surface area contributed by atoms with Gasteiger partial charge < -0.3 is 14.2 Å². The SMILES string of the molecule is CCOc1c(/C=N/NS(=O)(=O)c2cc(Cl)ccc2OC)cccc1OC. The fourth-order valence-corrected chi connectivity index (χ4v) is 3.39. The number of para-hydroxylation sites is 1. The summed E-state index contributed by atoms with van der Waals surface area (Å²) in [6.45, 7) is 2.26. The minimum atomic E-state index is -3.97. The van der Waals surface area contributed by atoms with Gasteiger partial charge >= 0.3 is 0 Å². The molecule has 0 fully saturated rings. The molecule has 2 rings (SSSR count). The predicted octanol–water partition coefficient (Wildman–Crippen LogP) is 3.07. The predicted molar refractivity (Wildman–Crippen MR) is 100 cm³/mol. The summed E-state index contributed by atoms with van der Waals surface area (Å²) < 4.78 is 40.8. The third kappa shape index (κ3) is 4.59. The van der Waals surface area contributed by atoms with Gasteiger partial charge in [0.15, 0.2) is 11.5 Å². The molecule has 140 valence electrons. The van der Waals surface area contributed by atoms with Gasteiger partial charge in [0.05, 0.1) is 27.0 Å². The van der Waals surface area contributed by atoms with Crippen LogP contribution in [-0.4, -0.2) is 35.5 Å². The van der Waals surface area contributed by atoms with Gasteiger partial charge in [-0.2, -0.15) is 18.4 Å². The second kappa shape index (κ2) is 8.77. The molecule has 0 unspecified atom stereocenters. The van der Waals surface area contributed by atoms with Crippen molar-refractivity contribution in [2.75, 3.05) is 20.8 Å². The van der Waals surface area contributed by atoms with Crippen LogP contribution in [0.15, 0.2) is 46.4 Å². The molecule has 0 aliphatic heterocycles. The number of methoxy groups -OCH3 is 2. The molecule has 1 N–H and O–H groups in total. The lowest BCUT2D eigenvalue weighted by atomic mass is 10.2. The van der Waals surface area contributed by atoms with E-state index >= 15 is 0 Å². The van der Waals surface area contributed by atoms with Gasteiger partial charge in [-0.1, -0.05) is 17.7 Å². The Morgan fingerprint density at radius 2 is 1.88 bits per heavy atom. The molecule has 0 atom stereocenters. The van der Waals surface area contributed by atoms with E-state index in [4.69, 9.17) is 25.8 Å². The summed E-state index contributed by atoms with van der Waals surface area (Å²) >= 11 is 5.88. The summed E-state index contributed by atoms with van der Waals surface area (Å²) in [6.07, 6.45) is 1.34. The van der Waals surface area contributed by atoms with Crippen LogP contribution in [0.25, 0.3) is 0 Å². The van der Waals surface area contributed by atoms with Crippen LogP contribution in [0, 0.1) is 0 Å². The Balaban J connectivity index is 2.29. The van der Waals surface area contributed by atoms with E-state index in [9.17, 15) is 8.42 Å². The second-order valence-corrected chi connectivity index (χ2v) is 7.03. The number of halogens is 1. The number of ether oxygens (including phenoxy) is 3. The Labute approximate surface area is 157 Å². The van der Waals surface area contributed by atoms with Crippen LogP contribution < -0.4 is 19.0 Å². The van der Waals surface area contributed by atoms with Crippen LogP contribution in [0.3, 0.4) is 0 Å². The molecule has 0 radical (unpaired) electrons. The molecule has 0 amide bonds. The summed E-state index contributed by atoms with van der Waals surface area (Å²) in [5.41, 5.74) is 0.562. The zero-order valence-corrected chi connectivity index (χ0v) is 16.1. The highest BCUT2D eigenvalue weighted by atomic mass is 35.5.